The molecule has 3 aromatic heterocycles. The SMILES string of the molecule is Cc1cc(Nc2nc(Cl)nc(NCCN3CCN(c4nc(Cl)nc(Nc5cc(S(=O)(=O)O)cc6cc(C)c(N=Nc7ccc8ccccc8c7S(=O)(=O)O)c(O)c56)n4)CC3)n2)c2c(O)c(N=Nc3ccc4ccccc4c3S(=O)(=O)O)c(S(=O)(=O)O)cc2c1.Cc1cc2cc(S(=O)(=O)O)cc(Nc3nc(Cl)nc(Cl)n3)c2c(O)c1N=Nc1ccc2ccccc2c1S(=O)(=O)O.NCCN1CCNCC1. The molecule has 12 aromatic carbocycles. The van der Waals surface area contributed by atoms with Crippen LogP contribution in [0.15, 0.2) is 224 Å². The first kappa shape index (κ1) is 100. The van der Waals surface area contributed by atoms with Crippen LogP contribution < -0.4 is 37.2 Å². The van der Waals surface area contributed by atoms with E-state index in [0.29, 0.717) is 60.0 Å². The van der Waals surface area contributed by atoms with E-state index in [4.69, 9.17) is 52.1 Å². The van der Waals surface area contributed by atoms with Crippen molar-refractivity contribution in [2.24, 2.45) is 36.4 Å². The summed E-state index contributed by atoms with van der Waals surface area (Å²) >= 11 is 24.5. The van der Waals surface area contributed by atoms with Crippen molar-refractivity contribution >= 4 is 253 Å². The summed E-state index contributed by atoms with van der Waals surface area (Å²) in [6.45, 7) is 13.6. The van der Waals surface area contributed by atoms with Gasteiger partial charge in [-0.05, 0) is 183 Å². The van der Waals surface area contributed by atoms with Crippen LogP contribution >= 0.6 is 46.4 Å². The van der Waals surface area contributed by atoms with E-state index in [0.717, 1.165) is 69.6 Å². The number of aromatic nitrogens is 9. The third-order valence-corrected chi connectivity index (χ3v) is 27.6. The molecule has 0 radical (unpaired) electrons. The molecule has 15 aromatic rings. The van der Waals surface area contributed by atoms with E-state index >= 15 is 0 Å². The number of azo groups is 3. The molecule has 722 valence electrons. The molecule has 2 aliphatic rings. The van der Waals surface area contributed by atoms with Gasteiger partial charge in [0.2, 0.25) is 50.9 Å². The van der Waals surface area contributed by atoms with Crippen LogP contribution in [0, 0.1) is 20.8 Å². The molecule has 0 unspecified atom stereocenters. The van der Waals surface area contributed by atoms with Crippen molar-refractivity contribution in [1.29, 1.82) is 0 Å². The van der Waals surface area contributed by atoms with Gasteiger partial charge in [-0.25, -0.2) is 0 Å². The summed E-state index contributed by atoms with van der Waals surface area (Å²) in [4.78, 5) is 40.0. The molecule has 139 heavy (non-hydrogen) atoms. The summed E-state index contributed by atoms with van der Waals surface area (Å²) in [6, 6.07) is 38.9. The first-order valence-electron chi connectivity index (χ1n) is 40.8. The molecule has 0 atom stereocenters. The third kappa shape index (κ3) is 23.2. The highest BCUT2D eigenvalue weighted by Gasteiger charge is 2.31. The van der Waals surface area contributed by atoms with Crippen LogP contribution in [0.2, 0.25) is 21.1 Å². The van der Waals surface area contributed by atoms with Crippen LogP contribution in [0.5, 0.6) is 17.2 Å². The van der Waals surface area contributed by atoms with Crippen molar-refractivity contribution < 1.29 is 93.1 Å². The lowest BCUT2D eigenvalue weighted by atomic mass is 10.0. The average molecular weight is 2090 g/mol. The van der Waals surface area contributed by atoms with Gasteiger partial charge in [-0.1, -0.05) is 97.1 Å². The summed E-state index contributed by atoms with van der Waals surface area (Å²) in [5.41, 5.74) is 4.50. The van der Waals surface area contributed by atoms with Crippen LogP contribution in [-0.2, 0) is 60.7 Å². The fourth-order valence-corrected chi connectivity index (χ4v) is 20.4. The number of aromatic hydroxyl groups is 3. The highest BCUT2D eigenvalue weighted by Crippen LogP contribution is 2.50. The average Bonchev–Trinajstić information content (AvgIpc) is 0.762. The number of hydrogen-bond donors (Lipinski definition) is 15. The summed E-state index contributed by atoms with van der Waals surface area (Å²) in [5.74, 6) is -2.20. The Kier molecular flexibility index (Phi) is 29.4. The summed E-state index contributed by atoms with van der Waals surface area (Å²) < 4.78 is 210. The molecule has 2 saturated heterocycles. The topological polar surface area (TPSA) is 673 Å². The van der Waals surface area contributed by atoms with Gasteiger partial charge in [0.15, 0.2) is 17.2 Å². The summed E-state index contributed by atoms with van der Waals surface area (Å²) in [7, 11) is -29.2. The Morgan fingerprint density at radius 1 is 0.374 bits per heavy atom. The number of piperazine rings is 2. The first-order chi connectivity index (χ1) is 65.7. The highest BCUT2D eigenvalue weighted by molar-refractivity contribution is 7.87. The normalized spacial score (nSPS) is 14.0. The quantitative estimate of drug-likeness (QED) is 0.0187. The Balaban J connectivity index is 0.000000240. The molecule has 0 aliphatic carbocycles. The van der Waals surface area contributed by atoms with Gasteiger partial charge in [0, 0.05) is 111 Å². The molecule has 0 amide bonds. The number of nitrogens with one attached hydrogen (secondary N) is 5. The molecule has 17 rings (SSSR count). The van der Waals surface area contributed by atoms with E-state index in [1.807, 2.05) is 4.90 Å². The number of rotatable bonds is 25. The Hall–Kier alpha value is -13.1. The Morgan fingerprint density at radius 2 is 0.748 bits per heavy atom. The number of hydrogen-bond acceptors (Lipinski definition) is 39. The molecular formula is C84H76Cl4N24O21S6. The van der Waals surface area contributed by atoms with Crippen molar-refractivity contribution in [2.75, 3.05) is 105 Å². The van der Waals surface area contributed by atoms with Crippen LogP contribution in [0.1, 0.15) is 16.7 Å². The largest absolute Gasteiger partial charge is 0.505 e. The van der Waals surface area contributed by atoms with Gasteiger partial charge in [0.25, 0.3) is 60.7 Å². The van der Waals surface area contributed by atoms with Crippen molar-refractivity contribution in [1.82, 2.24) is 60.0 Å². The molecule has 0 bridgehead atoms. The lowest BCUT2D eigenvalue weighted by molar-refractivity contribution is 0.247. The maximum absolute atomic E-state index is 12.8. The molecule has 55 heteroatoms. The van der Waals surface area contributed by atoms with Crippen molar-refractivity contribution in [3.05, 3.63) is 202 Å². The number of phenolic OH excluding ortho intramolecular Hbond substituents is 3. The predicted octanol–water partition coefficient (Wildman–Crippen LogP) is 15.5. The number of phenols is 3. The second kappa shape index (κ2) is 40.7. The zero-order chi connectivity index (χ0) is 99.7. The van der Waals surface area contributed by atoms with Crippen LogP contribution in [0.3, 0.4) is 0 Å². The zero-order valence-corrected chi connectivity index (χ0v) is 80.0. The standard InChI is InChI=1S/C54H45Cl2N15O14S4.C24H16Cl2N6O7S2.C6H15N3/c1-27-21-31-25-40(87(77,78)79)44(69-67-37-14-12-30-8-4-6-10-35(30)48(37)89(83,84)85)46(73)41(31)38(22-27)58-52-61-49(55)60-51(64-52)57-15-16-70-17-19-71(20-18-70)54-63-50(56)62-53(65-54)59-39-26-33(86(74,75)76)24-32-23-28(2)43(45(72)42(32)39)68-66-36-13-11-29-7-3-5-9-34(29)47(36)88(80,81)82;1-11-8-13-9-14(40(34,35)36)10-17(27-24-29-22(25)28-23(26)30-24)18(13)20(33)19(11)32-31-16-7-6-12-4-2-3-5-15(12)21(16)41(37,38)39;7-1-4-9-5-2-8-3-6-9/h3-14,21-26,72-73H,15-20H2,1-2H3,(H,74,75,76)(H,77,78,79)(H,80,81,82)(H,83,84,85)(H,59,62,63,65)(H2,57,58,60,61,64);2-10,33H,1H3,(H,34,35,36)(H,37,38,39)(H,27,28,29,30);8H,1-7H2. The van der Waals surface area contributed by atoms with Gasteiger partial charge in [0.1, 0.15) is 53.7 Å². The van der Waals surface area contributed by atoms with E-state index in [9.17, 15) is 93.1 Å². The number of anilines is 8. The van der Waals surface area contributed by atoms with Crippen LogP contribution in [0.25, 0.3) is 64.6 Å². The fourth-order valence-electron chi connectivity index (χ4n) is 15.5. The number of nitrogens with zero attached hydrogens (tertiary/aromatic N) is 18. The van der Waals surface area contributed by atoms with Gasteiger partial charge in [0.05, 0.1) is 26.9 Å². The van der Waals surface area contributed by atoms with Gasteiger partial charge in [-0.3, -0.25) is 37.1 Å². The van der Waals surface area contributed by atoms with Crippen molar-refractivity contribution in [2.45, 2.75) is 50.1 Å². The second-order valence-corrected chi connectivity index (χ2v) is 40.6. The maximum atomic E-state index is 12.8. The van der Waals surface area contributed by atoms with Gasteiger partial charge < -0.3 is 52.5 Å². The fraction of sp³-hybridized carbons (Fsp3) is 0.179. The molecule has 2 aliphatic heterocycles. The minimum atomic E-state index is -5.12. The summed E-state index contributed by atoms with van der Waals surface area (Å²) in [6.07, 6.45) is 0. The third-order valence-electron chi connectivity index (χ3n) is 21.5. The molecule has 0 spiro atoms. The number of fused-ring (bicyclic) bond motifs is 6. The van der Waals surface area contributed by atoms with Crippen LogP contribution in [0.4, 0.5) is 80.9 Å². The Labute approximate surface area is 810 Å². The Bertz CT molecular complexity index is 8340. The maximum Gasteiger partial charge on any atom is 0.297 e. The number of nitrogens with two attached hydrogens (primary N) is 1. The zero-order valence-electron chi connectivity index (χ0n) is 72.1. The second-order valence-electron chi connectivity index (χ2n) is 30.9. The summed E-state index contributed by atoms with van der Waals surface area (Å²) in [5, 5.41) is 75.3. The van der Waals surface area contributed by atoms with Gasteiger partial charge in [-0.15, -0.1) is 30.7 Å². The highest BCUT2D eigenvalue weighted by atomic mass is 35.5. The van der Waals surface area contributed by atoms with E-state index in [-0.39, 0.29) is 151 Å². The molecule has 45 nitrogen and oxygen atoms in total. The predicted molar refractivity (Wildman–Crippen MR) is 519 cm³/mol. The molecular weight excluding hydrogens is 2020 g/mol. The number of aryl methyl sites for hydroxylation is 3. The molecule has 2 fully saturated rings. The minimum absolute atomic E-state index is 0.0121. The van der Waals surface area contributed by atoms with Gasteiger partial charge in [-0.2, -0.15) is 95.4 Å². The monoisotopic (exact) mass is 2090 g/mol. The van der Waals surface area contributed by atoms with E-state index in [1.165, 1.54) is 80.6 Å². The van der Waals surface area contributed by atoms with Crippen LogP contribution in [-0.4, -0.2) is 226 Å². The molecule has 0 saturated carbocycles. The first-order valence-corrected chi connectivity index (χ1v) is 51.0. The van der Waals surface area contributed by atoms with Crippen molar-refractivity contribution in [3.8, 4) is 17.2 Å². The minimum Gasteiger partial charge on any atom is -0.505 e. The van der Waals surface area contributed by atoms with E-state index in [2.05, 4.69) is 112 Å². The van der Waals surface area contributed by atoms with E-state index in [1.54, 1.807) is 73.7 Å². The lowest BCUT2D eigenvalue weighted by Crippen LogP contribution is -2.48. The van der Waals surface area contributed by atoms with Gasteiger partial charge >= 0.3 is 0 Å². The number of halogens is 4. The number of benzene rings is 12. The smallest absolute Gasteiger partial charge is 0.297 e. The van der Waals surface area contributed by atoms with E-state index < -0.39 is 119 Å². The molecule has 5 heterocycles. The Morgan fingerprint density at radius 3 is 1.17 bits per heavy atom. The van der Waals surface area contributed by atoms with Crippen molar-refractivity contribution in [3.63, 3.8) is 0 Å². The molecule has 16 N–H and O–H groups in total. The lowest BCUT2D eigenvalue weighted by Gasteiger charge is -2.34.